The molecule has 0 aliphatic rings. The number of halogens is 4. The van der Waals surface area contributed by atoms with Crippen LogP contribution in [-0.2, 0) is 19.7 Å². The van der Waals surface area contributed by atoms with Crippen LogP contribution in [0.3, 0.4) is 0 Å². The molecule has 3 rings (SSSR count). The average Bonchev–Trinajstić information content (AvgIpc) is 2.70. The van der Waals surface area contributed by atoms with Crippen LogP contribution in [-0.4, -0.2) is 7.11 Å². The van der Waals surface area contributed by atoms with Gasteiger partial charge in [0.15, 0.2) is 11.5 Å². The van der Waals surface area contributed by atoms with Gasteiger partial charge < -0.3 is 14.8 Å². The number of nitrogens with one attached hydrogen (secondary N) is 1. The van der Waals surface area contributed by atoms with Crippen molar-refractivity contribution in [3.05, 3.63) is 93.0 Å². The molecule has 29 heavy (non-hydrogen) atoms. The van der Waals surface area contributed by atoms with Crippen molar-refractivity contribution in [2.75, 3.05) is 7.11 Å². The average molecular weight is 438 g/mol. The minimum absolute atomic E-state index is 0.147. The van der Waals surface area contributed by atoms with Gasteiger partial charge in [0.2, 0.25) is 0 Å². The highest BCUT2D eigenvalue weighted by molar-refractivity contribution is 6.31. The number of methoxy groups -OCH3 is 1. The third-order valence-corrected chi connectivity index (χ3v) is 4.99. The van der Waals surface area contributed by atoms with Gasteiger partial charge in [0.25, 0.3) is 0 Å². The lowest BCUT2D eigenvalue weighted by atomic mass is 10.1. The van der Waals surface area contributed by atoms with E-state index in [-0.39, 0.29) is 17.4 Å². The predicted octanol–water partition coefficient (Wildman–Crippen LogP) is 6.15. The highest BCUT2D eigenvalue weighted by Gasteiger charge is 2.12. The molecule has 0 aliphatic carbocycles. The van der Waals surface area contributed by atoms with E-state index in [1.165, 1.54) is 31.4 Å². The van der Waals surface area contributed by atoms with Gasteiger partial charge in [0, 0.05) is 29.7 Å². The molecule has 0 aliphatic heterocycles. The molecule has 0 aromatic heterocycles. The number of rotatable bonds is 8. The van der Waals surface area contributed by atoms with Crippen LogP contribution in [0.25, 0.3) is 0 Å². The Hall–Kier alpha value is -2.34. The third-order valence-electron chi connectivity index (χ3n) is 4.29. The van der Waals surface area contributed by atoms with Gasteiger partial charge in [-0.25, -0.2) is 8.78 Å². The van der Waals surface area contributed by atoms with Crippen LogP contribution in [0.1, 0.15) is 16.7 Å². The maximum atomic E-state index is 13.2. The fourth-order valence-corrected chi connectivity index (χ4v) is 3.17. The second-order valence-corrected chi connectivity index (χ2v) is 7.16. The van der Waals surface area contributed by atoms with Crippen molar-refractivity contribution < 1.29 is 18.3 Å². The first-order valence-electron chi connectivity index (χ1n) is 8.84. The molecule has 0 fully saturated rings. The molecule has 3 nitrogen and oxygen atoms in total. The Kier molecular flexibility index (Phi) is 7.31. The Labute approximate surface area is 178 Å². The van der Waals surface area contributed by atoms with Gasteiger partial charge in [-0.2, -0.15) is 0 Å². The second kappa shape index (κ2) is 9.92. The van der Waals surface area contributed by atoms with Gasteiger partial charge in [0.1, 0.15) is 18.2 Å². The second-order valence-electron chi connectivity index (χ2n) is 6.35. The smallest absolute Gasteiger partial charge is 0.163 e. The zero-order chi connectivity index (χ0) is 20.8. The van der Waals surface area contributed by atoms with Crippen molar-refractivity contribution in [2.24, 2.45) is 0 Å². The van der Waals surface area contributed by atoms with Crippen LogP contribution < -0.4 is 14.8 Å². The largest absolute Gasteiger partial charge is 0.493 e. The first kappa shape index (κ1) is 21.4. The van der Waals surface area contributed by atoms with E-state index in [1.807, 2.05) is 0 Å². The lowest BCUT2D eigenvalue weighted by molar-refractivity contribution is 0.284. The maximum absolute atomic E-state index is 13.2. The molecule has 0 radical (unpaired) electrons. The van der Waals surface area contributed by atoms with Crippen LogP contribution in [0, 0.1) is 11.6 Å². The van der Waals surface area contributed by atoms with Crippen molar-refractivity contribution in [3.8, 4) is 11.5 Å². The molecule has 0 saturated heterocycles. The summed E-state index contributed by atoms with van der Waals surface area (Å²) >= 11 is 12.4. The van der Waals surface area contributed by atoms with E-state index in [2.05, 4.69) is 5.32 Å². The van der Waals surface area contributed by atoms with Crippen molar-refractivity contribution >= 4 is 23.2 Å². The summed E-state index contributed by atoms with van der Waals surface area (Å²) in [7, 11) is 1.54. The summed E-state index contributed by atoms with van der Waals surface area (Å²) in [6.45, 7) is 1.21. The van der Waals surface area contributed by atoms with Crippen LogP contribution in [0.5, 0.6) is 11.5 Å². The minimum Gasteiger partial charge on any atom is -0.493 e. The van der Waals surface area contributed by atoms with Gasteiger partial charge >= 0.3 is 0 Å². The van der Waals surface area contributed by atoms with Gasteiger partial charge in [-0.15, -0.1) is 0 Å². The van der Waals surface area contributed by atoms with E-state index in [9.17, 15) is 8.78 Å². The maximum Gasteiger partial charge on any atom is 0.163 e. The molecule has 7 heteroatoms. The molecule has 3 aromatic carbocycles. The fourth-order valence-electron chi connectivity index (χ4n) is 2.72. The summed E-state index contributed by atoms with van der Waals surface area (Å²) in [5.41, 5.74) is 2.44. The summed E-state index contributed by atoms with van der Waals surface area (Å²) in [6.07, 6.45) is 0. The fraction of sp³-hybridized carbons (Fsp3) is 0.182. The summed E-state index contributed by atoms with van der Waals surface area (Å²) in [6, 6.07) is 13.9. The van der Waals surface area contributed by atoms with Gasteiger partial charge in [0.05, 0.1) is 12.1 Å². The van der Waals surface area contributed by atoms with E-state index >= 15 is 0 Å². The standard InChI is InChI=1S/C22H19Cl2F2NO2/c1-28-21-8-16(12-27-11-14-2-5-17(25)6-3-14)20(24)10-22(21)29-13-15-4-7-18(26)9-19(15)23/h2-10,27H,11-13H2,1H3. The Morgan fingerprint density at radius 1 is 0.793 bits per heavy atom. The Morgan fingerprint density at radius 2 is 1.48 bits per heavy atom. The highest BCUT2D eigenvalue weighted by atomic mass is 35.5. The minimum atomic E-state index is -0.406. The predicted molar refractivity (Wildman–Crippen MR) is 111 cm³/mol. The zero-order valence-corrected chi connectivity index (χ0v) is 17.2. The molecular formula is C22H19Cl2F2NO2. The van der Waals surface area contributed by atoms with Crippen LogP contribution in [0.2, 0.25) is 10.0 Å². The lowest BCUT2D eigenvalue weighted by Crippen LogP contribution is -2.13. The van der Waals surface area contributed by atoms with Crippen LogP contribution in [0.15, 0.2) is 54.6 Å². The van der Waals surface area contributed by atoms with Crippen molar-refractivity contribution in [3.63, 3.8) is 0 Å². The summed E-state index contributed by atoms with van der Waals surface area (Å²) in [5, 5.41) is 4.06. The number of hydrogen-bond acceptors (Lipinski definition) is 3. The molecule has 0 bridgehead atoms. The topological polar surface area (TPSA) is 30.5 Å². The molecule has 1 N–H and O–H groups in total. The quantitative estimate of drug-likeness (QED) is 0.458. The molecule has 0 heterocycles. The number of benzene rings is 3. The van der Waals surface area contributed by atoms with Crippen LogP contribution in [0.4, 0.5) is 8.78 Å². The Morgan fingerprint density at radius 3 is 2.17 bits per heavy atom. The lowest BCUT2D eigenvalue weighted by Gasteiger charge is -2.15. The molecule has 0 spiro atoms. The first-order valence-corrected chi connectivity index (χ1v) is 9.60. The van der Waals surface area contributed by atoms with Crippen molar-refractivity contribution in [2.45, 2.75) is 19.7 Å². The Bertz CT molecular complexity index is 981. The number of hydrogen-bond donors (Lipinski definition) is 1. The van der Waals surface area contributed by atoms with Crippen molar-refractivity contribution in [1.29, 1.82) is 0 Å². The highest BCUT2D eigenvalue weighted by Crippen LogP contribution is 2.34. The third kappa shape index (κ3) is 5.82. The van der Waals surface area contributed by atoms with E-state index in [4.69, 9.17) is 32.7 Å². The molecule has 0 unspecified atom stereocenters. The molecule has 0 amide bonds. The molecule has 3 aromatic rings. The van der Waals surface area contributed by atoms with Gasteiger partial charge in [-0.1, -0.05) is 41.4 Å². The first-order chi connectivity index (χ1) is 14.0. The number of ether oxygens (including phenoxy) is 2. The SMILES string of the molecule is COc1cc(CNCc2ccc(F)cc2)c(Cl)cc1OCc1ccc(F)cc1Cl. The normalized spacial score (nSPS) is 10.8. The van der Waals surface area contributed by atoms with Crippen molar-refractivity contribution in [1.82, 2.24) is 5.32 Å². The monoisotopic (exact) mass is 437 g/mol. The zero-order valence-electron chi connectivity index (χ0n) is 15.6. The Balaban J connectivity index is 1.65. The molecule has 0 atom stereocenters. The molecule has 152 valence electrons. The molecular weight excluding hydrogens is 419 g/mol. The van der Waals surface area contributed by atoms with E-state index in [0.717, 1.165) is 11.1 Å². The van der Waals surface area contributed by atoms with Gasteiger partial charge in [-0.3, -0.25) is 0 Å². The summed E-state index contributed by atoms with van der Waals surface area (Å²) < 4.78 is 37.3. The van der Waals surface area contributed by atoms with E-state index in [1.54, 1.807) is 30.3 Å². The van der Waals surface area contributed by atoms with Gasteiger partial charge in [-0.05, 0) is 41.5 Å². The molecule has 0 saturated carbocycles. The summed E-state index contributed by atoms with van der Waals surface area (Å²) in [4.78, 5) is 0. The van der Waals surface area contributed by atoms with E-state index < -0.39 is 5.82 Å². The summed E-state index contributed by atoms with van der Waals surface area (Å²) in [5.74, 6) is 0.308. The van der Waals surface area contributed by atoms with E-state index in [0.29, 0.717) is 35.2 Å². The van der Waals surface area contributed by atoms with Crippen LogP contribution >= 0.6 is 23.2 Å².